The van der Waals surface area contributed by atoms with Crippen LogP contribution in [0.25, 0.3) is 5.69 Å². The van der Waals surface area contributed by atoms with Crippen molar-refractivity contribution >= 4 is 15.5 Å². The van der Waals surface area contributed by atoms with E-state index in [1.165, 1.54) is 11.8 Å². The molecule has 22 heavy (non-hydrogen) atoms. The Morgan fingerprint density at radius 1 is 1.27 bits per heavy atom. The van der Waals surface area contributed by atoms with Crippen molar-refractivity contribution < 1.29 is 8.42 Å². The predicted molar refractivity (Wildman–Crippen MR) is 90.6 cm³/mol. The van der Waals surface area contributed by atoms with Crippen molar-refractivity contribution in [3.8, 4) is 5.69 Å². The third-order valence-corrected chi connectivity index (χ3v) is 4.66. The molecule has 1 heterocycles. The standard InChI is InChI=1S/C16H23N3O2S/c1-11-6-7-12(2)16(8-11)19-14(4)15(9-17-19)18-13(3)10-22(5,20)21/h6-9,13,18H,10H2,1-5H3. The van der Waals surface area contributed by atoms with Gasteiger partial charge in [0, 0.05) is 12.3 Å². The van der Waals surface area contributed by atoms with Gasteiger partial charge in [-0.25, -0.2) is 13.1 Å². The molecule has 0 bridgehead atoms. The number of nitrogens with one attached hydrogen (secondary N) is 1. The van der Waals surface area contributed by atoms with Gasteiger partial charge >= 0.3 is 0 Å². The molecule has 0 saturated carbocycles. The Labute approximate surface area is 132 Å². The smallest absolute Gasteiger partial charge is 0.149 e. The van der Waals surface area contributed by atoms with Gasteiger partial charge in [0.2, 0.25) is 0 Å². The highest BCUT2D eigenvalue weighted by atomic mass is 32.2. The van der Waals surface area contributed by atoms with Gasteiger partial charge in [-0.3, -0.25) is 0 Å². The number of aryl methyl sites for hydroxylation is 2. The quantitative estimate of drug-likeness (QED) is 0.919. The van der Waals surface area contributed by atoms with Crippen LogP contribution in [-0.4, -0.2) is 36.2 Å². The molecule has 0 saturated heterocycles. The fourth-order valence-electron chi connectivity index (χ4n) is 2.50. The zero-order chi connectivity index (χ0) is 16.5. The molecule has 0 amide bonds. The van der Waals surface area contributed by atoms with Gasteiger partial charge in [0.1, 0.15) is 9.84 Å². The minimum atomic E-state index is -3.00. The molecule has 1 unspecified atom stereocenters. The number of aromatic nitrogens is 2. The fraction of sp³-hybridized carbons (Fsp3) is 0.438. The van der Waals surface area contributed by atoms with Crippen molar-refractivity contribution in [2.45, 2.75) is 33.7 Å². The second kappa shape index (κ2) is 6.12. The number of sulfone groups is 1. The average molecular weight is 321 g/mol. The lowest BCUT2D eigenvalue weighted by molar-refractivity contribution is 0.598. The van der Waals surface area contributed by atoms with E-state index in [1.807, 2.05) is 18.5 Å². The SMILES string of the molecule is Cc1ccc(C)c(-n2ncc(NC(C)CS(C)(=O)=O)c2C)c1. The van der Waals surface area contributed by atoms with E-state index in [0.717, 1.165) is 22.6 Å². The average Bonchev–Trinajstić information content (AvgIpc) is 2.72. The zero-order valence-electron chi connectivity index (χ0n) is 13.7. The van der Waals surface area contributed by atoms with Gasteiger partial charge < -0.3 is 5.32 Å². The summed E-state index contributed by atoms with van der Waals surface area (Å²) in [4.78, 5) is 0. The molecule has 2 rings (SSSR count). The van der Waals surface area contributed by atoms with Crippen LogP contribution in [0.1, 0.15) is 23.7 Å². The molecule has 1 aromatic heterocycles. The van der Waals surface area contributed by atoms with Crippen LogP contribution in [0.4, 0.5) is 5.69 Å². The largest absolute Gasteiger partial charge is 0.379 e. The summed E-state index contributed by atoms with van der Waals surface area (Å²) in [6, 6.07) is 6.08. The highest BCUT2D eigenvalue weighted by Gasteiger charge is 2.15. The molecule has 0 fully saturated rings. The van der Waals surface area contributed by atoms with Gasteiger partial charge in [0.25, 0.3) is 0 Å². The van der Waals surface area contributed by atoms with E-state index in [2.05, 4.69) is 42.5 Å². The second-order valence-corrected chi connectivity index (χ2v) is 8.17. The third kappa shape index (κ3) is 3.88. The first-order valence-corrected chi connectivity index (χ1v) is 9.30. The minimum Gasteiger partial charge on any atom is -0.379 e. The number of benzene rings is 1. The van der Waals surface area contributed by atoms with Gasteiger partial charge in [-0.05, 0) is 44.9 Å². The van der Waals surface area contributed by atoms with Crippen LogP contribution in [0.15, 0.2) is 24.4 Å². The lowest BCUT2D eigenvalue weighted by atomic mass is 10.1. The maximum absolute atomic E-state index is 11.4. The van der Waals surface area contributed by atoms with E-state index in [4.69, 9.17) is 0 Å². The molecule has 2 aromatic rings. The lowest BCUT2D eigenvalue weighted by Gasteiger charge is -2.14. The topological polar surface area (TPSA) is 64.0 Å². The van der Waals surface area contributed by atoms with Crippen molar-refractivity contribution in [3.05, 3.63) is 41.2 Å². The van der Waals surface area contributed by atoms with Crippen LogP contribution < -0.4 is 5.32 Å². The molecule has 0 radical (unpaired) electrons. The molecule has 0 aliphatic rings. The van der Waals surface area contributed by atoms with E-state index in [1.54, 1.807) is 6.20 Å². The van der Waals surface area contributed by atoms with E-state index >= 15 is 0 Å². The van der Waals surface area contributed by atoms with Crippen LogP contribution in [0, 0.1) is 20.8 Å². The maximum Gasteiger partial charge on any atom is 0.149 e. The normalized spacial score (nSPS) is 13.1. The van der Waals surface area contributed by atoms with Crippen LogP contribution in [0.5, 0.6) is 0 Å². The number of hydrogen-bond acceptors (Lipinski definition) is 4. The summed E-state index contributed by atoms with van der Waals surface area (Å²) in [5.41, 5.74) is 5.19. The fourth-order valence-corrected chi connectivity index (χ4v) is 3.49. The zero-order valence-corrected chi connectivity index (χ0v) is 14.5. The van der Waals surface area contributed by atoms with Crippen LogP contribution in [0.3, 0.4) is 0 Å². The van der Waals surface area contributed by atoms with Gasteiger partial charge in [0.15, 0.2) is 0 Å². The summed E-state index contributed by atoms with van der Waals surface area (Å²) in [7, 11) is -3.00. The number of nitrogens with zero attached hydrogens (tertiary/aromatic N) is 2. The number of hydrogen-bond donors (Lipinski definition) is 1. The first kappa shape index (κ1) is 16.5. The van der Waals surface area contributed by atoms with Crippen molar-refractivity contribution in [2.24, 2.45) is 0 Å². The Morgan fingerprint density at radius 3 is 2.59 bits per heavy atom. The number of anilines is 1. The highest BCUT2D eigenvalue weighted by molar-refractivity contribution is 7.90. The van der Waals surface area contributed by atoms with Crippen molar-refractivity contribution in [1.82, 2.24) is 9.78 Å². The first-order valence-electron chi connectivity index (χ1n) is 7.24. The monoisotopic (exact) mass is 321 g/mol. The molecule has 0 spiro atoms. The summed E-state index contributed by atoms with van der Waals surface area (Å²) in [6.07, 6.45) is 2.99. The molecule has 1 atom stereocenters. The summed E-state index contributed by atoms with van der Waals surface area (Å²) in [5.74, 6) is 0.0983. The molecule has 120 valence electrons. The molecule has 0 aliphatic carbocycles. The van der Waals surface area contributed by atoms with E-state index in [-0.39, 0.29) is 11.8 Å². The van der Waals surface area contributed by atoms with Gasteiger partial charge in [-0.2, -0.15) is 5.10 Å². The summed E-state index contributed by atoms with van der Waals surface area (Å²) < 4.78 is 24.6. The van der Waals surface area contributed by atoms with Crippen LogP contribution >= 0.6 is 0 Å². The molecular formula is C16H23N3O2S. The third-order valence-electron chi connectivity index (χ3n) is 3.56. The van der Waals surface area contributed by atoms with E-state index in [9.17, 15) is 8.42 Å². The first-order chi connectivity index (χ1) is 10.2. The molecule has 1 aromatic carbocycles. The van der Waals surface area contributed by atoms with E-state index in [0.29, 0.717) is 0 Å². The van der Waals surface area contributed by atoms with Crippen LogP contribution in [0.2, 0.25) is 0 Å². The molecule has 0 aliphatic heterocycles. The van der Waals surface area contributed by atoms with Crippen molar-refractivity contribution in [2.75, 3.05) is 17.3 Å². The Morgan fingerprint density at radius 2 is 1.95 bits per heavy atom. The minimum absolute atomic E-state index is 0.0983. The second-order valence-electron chi connectivity index (χ2n) is 5.98. The molecule has 1 N–H and O–H groups in total. The van der Waals surface area contributed by atoms with Gasteiger partial charge in [-0.15, -0.1) is 0 Å². The lowest BCUT2D eigenvalue weighted by Crippen LogP contribution is -2.25. The predicted octanol–water partition coefficient (Wildman–Crippen LogP) is 2.64. The summed E-state index contributed by atoms with van der Waals surface area (Å²) >= 11 is 0. The molecule has 6 heteroatoms. The van der Waals surface area contributed by atoms with Crippen molar-refractivity contribution in [1.29, 1.82) is 0 Å². The van der Waals surface area contributed by atoms with Gasteiger partial charge in [0.05, 0.1) is 29.0 Å². The Kier molecular flexibility index (Phi) is 4.60. The molecule has 5 nitrogen and oxygen atoms in total. The maximum atomic E-state index is 11.4. The number of rotatable bonds is 5. The van der Waals surface area contributed by atoms with Crippen LogP contribution in [-0.2, 0) is 9.84 Å². The Bertz CT molecular complexity index is 779. The van der Waals surface area contributed by atoms with Gasteiger partial charge in [-0.1, -0.05) is 12.1 Å². The summed E-state index contributed by atoms with van der Waals surface area (Å²) in [5, 5.41) is 7.67. The van der Waals surface area contributed by atoms with Crippen molar-refractivity contribution in [3.63, 3.8) is 0 Å². The Balaban J connectivity index is 2.28. The molecular weight excluding hydrogens is 298 g/mol. The highest BCUT2D eigenvalue weighted by Crippen LogP contribution is 2.22. The van der Waals surface area contributed by atoms with E-state index < -0.39 is 9.84 Å². The Hall–Kier alpha value is -1.82. The summed E-state index contributed by atoms with van der Waals surface area (Å²) in [6.45, 7) is 7.93.